The number of rotatable bonds is 7. The molecule has 0 unspecified atom stereocenters. The zero-order chi connectivity index (χ0) is 15.1. The molecule has 0 aliphatic rings. The molecule has 0 aliphatic heterocycles. The van der Waals surface area contributed by atoms with Gasteiger partial charge in [-0.1, -0.05) is 41.9 Å². The quantitative estimate of drug-likeness (QED) is 0.846. The lowest BCUT2D eigenvalue weighted by Gasteiger charge is -2.16. The molecule has 2 rings (SSSR count). The number of benzene rings is 2. The molecule has 0 amide bonds. The van der Waals surface area contributed by atoms with Crippen LogP contribution in [0.2, 0.25) is 5.02 Å². The fourth-order valence-corrected chi connectivity index (χ4v) is 2.30. The SMILES string of the molecule is CCOc1cccc(CCN)c1OCc1ccccc1Cl. The van der Waals surface area contributed by atoms with Gasteiger partial charge in [0.15, 0.2) is 11.5 Å². The van der Waals surface area contributed by atoms with E-state index in [1.54, 1.807) is 0 Å². The highest BCUT2D eigenvalue weighted by molar-refractivity contribution is 6.31. The highest BCUT2D eigenvalue weighted by Gasteiger charge is 2.11. The van der Waals surface area contributed by atoms with E-state index in [1.807, 2.05) is 49.4 Å². The van der Waals surface area contributed by atoms with Crippen LogP contribution in [-0.4, -0.2) is 13.2 Å². The number of nitrogens with two attached hydrogens (primary N) is 1. The summed E-state index contributed by atoms with van der Waals surface area (Å²) in [4.78, 5) is 0. The number of halogens is 1. The first-order chi connectivity index (χ1) is 10.3. The van der Waals surface area contributed by atoms with Gasteiger partial charge < -0.3 is 15.2 Å². The summed E-state index contributed by atoms with van der Waals surface area (Å²) in [6.07, 6.45) is 0.749. The summed E-state index contributed by atoms with van der Waals surface area (Å²) in [6, 6.07) is 13.5. The van der Waals surface area contributed by atoms with Gasteiger partial charge in [0.05, 0.1) is 6.61 Å². The fourth-order valence-electron chi connectivity index (χ4n) is 2.11. The number of hydrogen-bond donors (Lipinski definition) is 1. The van der Waals surface area contributed by atoms with Gasteiger partial charge >= 0.3 is 0 Å². The largest absolute Gasteiger partial charge is 0.490 e. The van der Waals surface area contributed by atoms with Crippen molar-refractivity contribution in [2.24, 2.45) is 5.73 Å². The Labute approximate surface area is 130 Å². The Morgan fingerprint density at radius 2 is 1.76 bits per heavy atom. The van der Waals surface area contributed by atoms with Gasteiger partial charge in [0.1, 0.15) is 6.61 Å². The normalized spacial score (nSPS) is 10.4. The first kappa shape index (κ1) is 15.7. The summed E-state index contributed by atoms with van der Waals surface area (Å²) >= 11 is 6.16. The van der Waals surface area contributed by atoms with Gasteiger partial charge in [-0.05, 0) is 37.6 Å². The molecule has 2 aromatic carbocycles. The standard InChI is InChI=1S/C17H20ClNO2/c1-2-20-16-9-5-7-13(10-11-19)17(16)21-12-14-6-3-4-8-15(14)18/h3-9H,2,10-12,19H2,1H3. The molecule has 0 fully saturated rings. The number of ether oxygens (including phenoxy) is 2. The second-order valence-electron chi connectivity index (χ2n) is 4.60. The van der Waals surface area contributed by atoms with Gasteiger partial charge in [0.25, 0.3) is 0 Å². The molecule has 4 heteroatoms. The summed E-state index contributed by atoms with van der Waals surface area (Å²) < 4.78 is 11.6. The average Bonchev–Trinajstić information content (AvgIpc) is 2.49. The van der Waals surface area contributed by atoms with Crippen LogP contribution in [0.15, 0.2) is 42.5 Å². The van der Waals surface area contributed by atoms with Gasteiger partial charge in [-0.15, -0.1) is 0 Å². The van der Waals surface area contributed by atoms with E-state index in [2.05, 4.69) is 0 Å². The van der Waals surface area contributed by atoms with Crippen LogP contribution < -0.4 is 15.2 Å². The fraction of sp³-hybridized carbons (Fsp3) is 0.294. The third-order valence-electron chi connectivity index (χ3n) is 3.10. The summed E-state index contributed by atoms with van der Waals surface area (Å²) in [7, 11) is 0. The Morgan fingerprint density at radius 1 is 1.00 bits per heavy atom. The minimum absolute atomic E-state index is 0.404. The molecule has 2 N–H and O–H groups in total. The van der Waals surface area contributed by atoms with Crippen molar-refractivity contribution >= 4 is 11.6 Å². The van der Waals surface area contributed by atoms with E-state index in [1.165, 1.54) is 0 Å². The van der Waals surface area contributed by atoms with Crippen LogP contribution in [0.3, 0.4) is 0 Å². The zero-order valence-corrected chi connectivity index (χ0v) is 12.9. The van der Waals surface area contributed by atoms with Gasteiger partial charge in [-0.25, -0.2) is 0 Å². The second-order valence-corrected chi connectivity index (χ2v) is 5.00. The van der Waals surface area contributed by atoms with Crippen LogP contribution in [0.4, 0.5) is 0 Å². The minimum Gasteiger partial charge on any atom is -0.490 e. The number of hydrogen-bond acceptors (Lipinski definition) is 3. The smallest absolute Gasteiger partial charge is 0.164 e. The van der Waals surface area contributed by atoms with E-state index in [-0.39, 0.29) is 0 Å². The van der Waals surface area contributed by atoms with E-state index < -0.39 is 0 Å². The average molecular weight is 306 g/mol. The molecule has 0 heterocycles. The van der Waals surface area contributed by atoms with Gasteiger partial charge in [-0.3, -0.25) is 0 Å². The summed E-state index contributed by atoms with van der Waals surface area (Å²) in [5.41, 5.74) is 7.67. The van der Waals surface area contributed by atoms with Crippen LogP contribution in [0.5, 0.6) is 11.5 Å². The predicted octanol–water partition coefficient (Wildman–Crippen LogP) is 3.82. The number of para-hydroxylation sites is 1. The van der Waals surface area contributed by atoms with Crippen molar-refractivity contribution in [3.05, 3.63) is 58.6 Å². The second kappa shape index (κ2) is 7.91. The molecular weight excluding hydrogens is 286 g/mol. The molecule has 0 aliphatic carbocycles. The Hall–Kier alpha value is -1.71. The van der Waals surface area contributed by atoms with Crippen LogP contribution in [0.25, 0.3) is 0 Å². The van der Waals surface area contributed by atoms with E-state index >= 15 is 0 Å². The van der Waals surface area contributed by atoms with Crippen molar-refractivity contribution in [1.82, 2.24) is 0 Å². The third-order valence-corrected chi connectivity index (χ3v) is 3.47. The molecule has 0 spiro atoms. The van der Waals surface area contributed by atoms with E-state index in [0.29, 0.717) is 24.8 Å². The van der Waals surface area contributed by atoms with Gasteiger partial charge in [0.2, 0.25) is 0 Å². The molecule has 0 bridgehead atoms. The molecule has 0 atom stereocenters. The van der Waals surface area contributed by atoms with Crippen molar-refractivity contribution in [2.45, 2.75) is 20.0 Å². The van der Waals surface area contributed by atoms with E-state index in [0.717, 1.165) is 29.0 Å². The molecule has 21 heavy (non-hydrogen) atoms. The molecule has 2 aromatic rings. The van der Waals surface area contributed by atoms with Crippen LogP contribution >= 0.6 is 11.6 Å². The lowest BCUT2D eigenvalue weighted by Crippen LogP contribution is -2.07. The molecule has 0 radical (unpaired) electrons. The van der Waals surface area contributed by atoms with Gasteiger partial charge in [0, 0.05) is 10.6 Å². The van der Waals surface area contributed by atoms with Crippen molar-refractivity contribution in [3.63, 3.8) is 0 Å². The molecule has 0 aromatic heterocycles. The lowest BCUT2D eigenvalue weighted by atomic mass is 10.1. The molecular formula is C17H20ClNO2. The maximum atomic E-state index is 6.16. The third kappa shape index (κ3) is 4.13. The van der Waals surface area contributed by atoms with Crippen molar-refractivity contribution < 1.29 is 9.47 Å². The molecule has 0 saturated heterocycles. The summed E-state index contributed by atoms with van der Waals surface area (Å²) in [5.74, 6) is 1.50. The Kier molecular flexibility index (Phi) is 5.90. The Morgan fingerprint density at radius 3 is 2.48 bits per heavy atom. The zero-order valence-electron chi connectivity index (χ0n) is 12.1. The van der Waals surface area contributed by atoms with Crippen LogP contribution in [0, 0.1) is 0 Å². The first-order valence-corrected chi connectivity index (χ1v) is 7.45. The highest BCUT2D eigenvalue weighted by Crippen LogP contribution is 2.32. The maximum Gasteiger partial charge on any atom is 0.164 e. The van der Waals surface area contributed by atoms with Crippen molar-refractivity contribution in [2.75, 3.05) is 13.2 Å². The van der Waals surface area contributed by atoms with Crippen LogP contribution in [-0.2, 0) is 13.0 Å². The Bertz CT molecular complexity index is 563. The minimum atomic E-state index is 0.404. The van der Waals surface area contributed by atoms with E-state index in [4.69, 9.17) is 26.8 Å². The molecule has 0 saturated carbocycles. The van der Waals surface area contributed by atoms with Gasteiger partial charge in [-0.2, -0.15) is 0 Å². The lowest BCUT2D eigenvalue weighted by molar-refractivity contribution is 0.267. The van der Waals surface area contributed by atoms with E-state index in [9.17, 15) is 0 Å². The van der Waals surface area contributed by atoms with Crippen LogP contribution in [0.1, 0.15) is 18.1 Å². The topological polar surface area (TPSA) is 44.5 Å². The Balaban J connectivity index is 2.22. The molecule has 3 nitrogen and oxygen atoms in total. The highest BCUT2D eigenvalue weighted by atomic mass is 35.5. The summed E-state index contributed by atoms with van der Waals surface area (Å²) in [5, 5.41) is 0.701. The van der Waals surface area contributed by atoms with Crippen molar-refractivity contribution in [1.29, 1.82) is 0 Å². The first-order valence-electron chi connectivity index (χ1n) is 7.07. The maximum absolute atomic E-state index is 6.16. The monoisotopic (exact) mass is 305 g/mol. The molecule has 112 valence electrons. The van der Waals surface area contributed by atoms with Crippen molar-refractivity contribution in [3.8, 4) is 11.5 Å². The summed E-state index contributed by atoms with van der Waals surface area (Å²) in [6.45, 7) is 3.52. The predicted molar refractivity (Wildman–Crippen MR) is 86.2 cm³/mol.